The summed E-state index contributed by atoms with van der Waals surface area (Å²) < 4.78 is 2.05. The summed E-state index contributed by atoms with van der Waals surface area (Å²) in [5.41, 5.74) is 10.7. The van der Waals surface area contributed by atoms with E-state index in [0.29, 0.717) is 18.1 Å². The highest BCUT2D eigenvalue weighted by Crippen LogP contribution is 2.24. The van der Waals surface area contributed by atoms with Gasteiger partial charge in [-0.15, -0.1) is 0 Å². The summed E-state index contributed by atoms with van der Waals surface area (Å²) in [5, 5.41) is 9.98. The molecule has 0 spiro atoms. The van der Waals surface area contributed by atoms with Crippen LogP contribution in [0.2, 0.25) is 0 Å². The molecule has 0 aliphatic rings. The molecule has 0 saturated heterocycles. The maximum Gasteiger partial charge on any atom is 0.138 e. The van der Waals surface area contributed by atoms with Crippen LogP contribution in [0.25, 0.3) is 11.0 Å². The van der Waals surface area contributed by atoms with E-state index >= 15 is 0 Å². The molecule has 0 amide bonds. The maximum atomic E-state index is 9.98. The molecule has 0 aliphatic heterocycles. The lowest BCUT2D eigenvalue weighted by Gasteiger charge is -2.11. The van der Waals surface area contributed by atoms with Crippen molar-refractivity contribution in [3.8, 4) is 0 Å². The number of benzene rings is 2. The van der Waals surface area contributed by atoms with Gasteiger partial charge in [0.2, 0.25) is 0 Å². The van der Waals surface area contributed by atoms with Crippen LogP contribution < -0.4 is 5.73 Å². The van der Waals surface area contributed by atoms with Crippen molar-refractivity contribution in [3.63, 3.8) is 0 Å². The van der Waals surface area contributed by atoms with Crippen LogP contribution >= 0.6 is 0 Å². The van der Waals surface area contributed by atoms with Crippen molar-refractivity contribution in [2.45, 2.75) is 26.5 Å². The van der Waals surface area contributed by atoms with E-state index in [1.54, 1.807) is 6.92 Å². The number of fused-ring (bicyclic) bond motifs is 1. The second-order valence-corrected chi connectivity index (χ2v) is 5.47. The highest BCUT2D eigenvalue weighted by Gasteiger charge is 2.15. The number of hydrogen-bond acceptors (Lipinski definition) is 3. The summed E-state index contributed by atoms with van der Waals surface area (Å²) >= 11 is 0. The maximum absolute atomic E-state index is 9.98. The van der Waals surface area contributed by atoms with Crippen LogP contribution in [0.3, 0.4) is 0 Å². The second-order valence-electron chi connectivity index (χ2n) is 5.47. The molecule has 108 valence electrons. The first kappa shape index (κ1) is 13.6. The van der Waals surface area contributed by atoms with Gasteiger partial charge < -0.3 is 15.4 Å². The molecule has 0 radical (unpaired) electrons. The monoisotopic (exact) mass is 281 g/mol. The molecule has 3 aromatic rings. The van der Waals surface area contributed by atoms with E-state index in [2.05, 4.69) is 36.2 Å². The normalized spacial score (nSPS) is 12.7. The second kappa shape index (κ2) is 5.22. The van der Waals surface area contributed by atoms with Crippen molar-refractivity contribution < 1.29 is 5.11 Å². The van der Waals surface area contributed by atoms with Gasteiger partial charge in [-0.2, -0.15) is 0 Å². The van der Waals surface area contributed by atoms with Gasteiger partial charge in [-0.25, -0.2) is 4.98 Å². The molecule has 1 aromatic heterocycles. The van der Waals surface area contributed by atoms with Crippen LogP contribution in [-0.4, -0.2) is 14.7 Å². The number of aliphatic hydroxyl groups excluding tert-OH is 1. The Labute approximate surface area is 123 Å². The number of nitrogen functional groups attached to an aromatic ring is 1. The molecule has 21 heavy (non-hydrogen) atoms. The zero-order valence-electron chi connectivity index (χ0n) is 12.2. The van der Waals surface area contributed by atoms with E-state index in [1.807, 2.05) is 22.8 Å². The molecule has 3 N–H and O–H groups in total. The van der Waals surface area contributed by atoms with Crippen LogP contribution in [0.1, 0.15) is 30.0 Å². The zero-order valence-corrected chi connectivity index (χ0v) is 12.2. The number of hydrogen-bond donors (Lipinski definition) is 2. The summed E-state index contributed by atoms with van der Waals surface area (Å²) in [6.07, 6.45) is -0.621. The van der Waals surface area contributed by atoms with Crippen molar-refractivity contribution >= 4 is 16.7 Å². The van der Waals surface area contributed by atoms with Crippen molar-refractivity contribution in [3.05, 3.63) is 59.4 Å². The van der Waals surface area contributed by atoms with Crippen LogP contribution in [0.4, 0.5) is 5.69 Å². The third-order valence-electron chi connectivity index (χ3n) is 3.64. The number of nitrogens with zero attached hydrogens (tertiary/aromatic N) is 2. The Kier molecular flexibility index (Phi) is 3.39. The van der Waals surface area contributed by atoms with E-state index in [-0.39, 0.29) is 0 Å². The average molecular weight is 281 g/mol. The molecular formula is C17H19N3O. The Bertz CT molecular complexity index is 773. The Hall–Kier alpha value is -2.33. The van der Waals surface area contributed by atoms with E-state index in [4.69, 9.17) is 5.73 Å². The third kappa shape index (κ3) is 2.62. The standard InChI is InChI=1S/C17H19N3O/c1-11-3-5-13(6-4-11)10-20-16-8-7-14(18)9-15(16)19-17(20)12(2)21/h3-9,12,21H,10,18H2,1-2H3. The van der Waals surface area contributed by atoms with Gasteiger partial charge in [0.1, 0.15) is 11.9 Å². The molecule has 0 saturated carbocycles. The Balaban J connectivity index is 2.10. The number of aryl methyl sites for hydroxylation is 1. The average Bonchev–Trinajstić information content (AvgIpc) is 2.79. The predicted octanol–water partition coefficient (Wildman–Crippen LogP) is 3.03. The van der Waals surface area contributed by atoms with Gasteiger partial charge in [0, 0.05) is 12.2 Å². The molecule has 1 unspecified atom stereocenters. The molecule has 4 heteroatoms. The molecule has 0 bridgehead atoms. The van der Waals surface area contributed by atoms with Gasteiger partial charge in [-0.05, 0) is 37.6 Å². The Morgan fingerprint density at radius 2 is 1.90 bits per heavy atom. The number of imidazole rings is 1. The first-order valence-electron chi connectivity index (χ1n) is 7.04. The number of aliphatic hydroxyl groups is 1. The first-order valence-corrected chi connectivity index (χ1v) is 7.04. The first-order chi connectivity index (χ1) is 10.0. The van der Waals surface area contributed by atoms with Crippen molar-refractivity contribution in [2.75, 3.05) is 5.73 Å². The van der Waals surface area contributed by atoms with Gasteiger partial charge in [-0.1, -0.05) is 29.8 Å². The molecule has 1 heterocycles. The quantitative estimate of drug-likeness (QED) is 0.725. The highest BCUT2D eigenvalue weighted by molar-refractivity contribution is 5.79. The SMILES string of the molecule is Cc1ccc(Cn2c(C(C)O)nc3cc(N)ccc32)cc1. The highest BCUT2D eigenvalue weighted by atomic mass is 16.3. The smallest absolute Gasteiger partial charge is 0.138 e. The topological polar surface area (TPSA) is 64.1 Å². The molecule has 2 aromatic carbocycles. The summed E-state index contributed by atoms with van der Waals surface area (Å²) in [5.74, 6) is 0.663. The predicted molar refractivity (Wildman–Crippen MR) is 85.1 cm³/mol. The fourth-order valence-electron chi connectivity index (χ4n) is 2.53. The van der Waals surface area contributed by atoms with Gasteiger partial charge in [0.05, 0.1) is 11.0 Å². The van der Waals surface area contributed by atoms with Crippen LogP contribution in [0.15, 0.2) is 42.5 Å². The Morgan fingerprint density at radius 3 is 2.57 bits per heavy atom. The van der Waals surface area contributed by atoms with E-state index in [9.17, 15) is 5.11 Å². The lowest BCUT2D eigenvalue weighted by molar-refractivity contribution is 0.185. The molecule has 0 fully saturated rings. The van der Waals surface area contributed by atoms with Crippen LogP contribution in [0, 0.1) is 6.92 Å². The summed E-state index contributed by atoms with van der Waals surface area (Å²) in [6, 6.07) is 14.0. The largest absolute Gasteiger partial charge is 0.399 e. The van der Waals surface area contributed by atoms with Crippen LogP contribution in [-0.2, 0) is 6.54 Å². The molecule has 0 aliphatic carbocycles. The minimum absolute atomic E-state index is 0.621. The van der Waals surface area contributed by atoms with Gasteiger partial charge in [-0.3, -0.25) is 0 Å². The van der Waals surface area contributed by atoms with Crippen molar-refractivity contribution in [1.29, 1.82) is 0 Å². The minimum Gasteiger partial charge on any atom is -0.399 e. The van der Waals surface area contributed by atoms with Gasteiger partial charge in [0.25, 0.3) is 0 Å². The summed E-state index contributed by atoms with van der Waals surface area (Å²) in [4.78, 5) is 4.52. The summed E-state index contributed by atoms with van der Waals surface area (Å²) in [6.45, 7) is 4.48. The molecule has 4 nitrogen and oxygen atoms in total. The number of anilines is 1. The van der Waals surface area contributed by atoms with Gasteiger partial charge >= 0.3 is 0 Å². The van der Waals surface area contributed by atoms with Gasteiger partial charge in [0.15, 0.2) is 0 Å². The lowest BCUT2D eigenvalue weighted by Crippen LogP contribution is -2.08. The molecule has 1 atom stereocenters. The molecular weight excluding hydrogens is 262 g/mol. The number of rotatable bonds is 3. The van der Waals surface area contributed by atoms with E-state index < -0.39 is 6.10 Å². The molecule has 3 rings (SSSR count). The number of aromatic nitrogens is 2. The van der Waals surface area contributed by atoms with E-state index in [0.717, 1.165) is 11.0 Å². The van der Waals surface area contributed by atoms with E-state index in [1.165, 1.54) is 11.1 Å². The van der Waals surface area contributed by atoms with Crippen molar-refractivity contribution in [1.82, 2.24) is 9.55 Å². The summed E-state index contributed by atoms with van der Waals surface area (Å²) in [7, 11) is 0. The van der Waals surface area contributed by atoms with Crippen LogP contribution in [0.5, 0.6) is 0 Å². The third-order valence-corrected chi connectivity index (χ3v) is 3.64. The van der Waals surface area contributed by atoms with Crippen molar-refractivity contribution in [2.24, 2.45) is 0 Å². The zero-order chi connectivity index (χ0) is 15.0. The fourth-order valence-corrected chi connectivity index (χ4v) is 2.53. The minimum atomic E-state index is -0.621. The number of nitrogens with two attached hydrogens (primary N) is 1. The Morgan fingerprint density at radius 1 is 1.19 bits per heavy atom. The fraction of sp³-hybridized carbons (Fsp3) is 0.235. The lowest BCUT2D eigenvalue weighted by atomic mass is 10.1.